The summed E-state index contributed by atoms with van der Waals surface area (Å²) in [7, 11) is 0. The first-order chi connectivity index (χ1) is 9.39. The number of hydrogen-bond acceptors (Lipinski definition) is 3. The van der Waals surface area contributed by atoms with Crippen molar-refractivity contribution in [1.29, 1.82) is 0 Å². The van der Waals surface area contributed by atoms with Crippen molar-refractivity contribution in [1.82, 2.24) is 10.3 Å². The highest BCUT2D eigenvalue weighted by Gasteiger charge is 2.36. The Morgan fingerprint density at radius 3 is 2.37 bits per heavy atom. The summed E-state index contributed by atoms with van der Waals surface area (Å²) in [6.07, 6.45) is 3.70. The van der Waals surface area contributed by atoms with Crippen LogP contribution in [0.4, 0.5) is 0 Å². The van der Waals surface area contributed by atoms with Crippen LogP contribution in [-0.2, 0) is 5.60 Å². The number of nitrogens with zero attached hydrogens (tertiary/aromatic N) is 1. The predicted molar refractivity (Wildman–Crippen MR) is 75.1 cm³/mol. The first-order valence-electron chi connectivity index (χ1n) is 6.75. The number of nitrogens with one attached hydrogen (secondary N) is 1. The van der Waals surface area contributed by atoms with Crippen LogP contribution in [0.5, 0.6) is 5.88 Å². The lowest BCUT2D eigenvalue weighted by molar-refractivity contribution is 0.0286. The van der Waals surface area contributed by atoms with Crippen LogP contribution in [-0.4, -0.2) is 18.1 Å². The molecule has 0 aliphatic carbocycles. The maximum atomic E-state index is 6.28. The molecule has 2 aromatic rings. The van der Waals surface area contributed by atoms with Gasteiger partial charge in [0.05, 0.1) is 0 Å². The van der Waals surface area contributed by atoms with E-state index in [1.807, 2.05) is 24.3 Å². The van der Waals surface area contributed by atoms with Gasteiger partial charge in [0.2, 0.25) is 5.88 Å². The lowest BCUT2D eigenvalue weighted by Crippen LogP contribution is -2.44. The monoisotopic (exact) mass is 254 g/mol. The maximum absolute atomic E-state index is 6.28. The summed E-state index contributed by atoms with van der Waals surface area (Å²) in [5.41, 5.74) is 0.989. The van der Waals surface area contributed by atoms with E-state index in [4.69, 9.17) is 4.74 Å². The van der Waals surface area contributed by atoms with Crippen LogP contribution in [0.1, 0.15) is 18.4 Å². The molecule has 1 aromatic carbocycles. The van der Waals surface area contributed by atoms with E-state index in [0.29, 0.717) is 5.88 Å². The largest absolute Gasteiger partial charge is 0.466 e. The summed E-state index contributed by atoms with van der Waals surface area (Å²) in [6.45, 7) is 1.95. The summed E-state index contributed by atoms with van der Waals surface area (Å²) in [5.74, 6) is 0.702. The van der Waals surface area contributed by atoms with Gasteiger partial charge in [-0.25, -0.2) is 4.98 Å². The number of rotatable bonds is 3. The maximum Gasteiger partial charge on any atom is 0.214 e. The highest BCUT2D eigenvalue weighted by atomic mass is 16.5. The molecule has 0 atom stereocenters. The van der Waals surface area contributed by atoms with Gasteiger partial charge in [0.15, 0.2) is 0 Å². The summed E-state index contributed by atoms with van der Waals surface area (Å²) in [4.78, 5) is 4.30. The first-order valence-corrected chi connectivity index (χ1v) is 6.75. The molecule has 0 unspecified atom stereocenters. The third kappa shape index (κ3) is 2.61. The molecule has 1 aliphatic rings. The average molecular weight is 254 g/mol. The van der Waals surface area contributed by atoms with Crippen LogP contribution < -0.4 is 10.1 Å². The molecule has 2 heterocycles. The Kier molecular flexibility index (Phi) is 3.47. The Morgan fingerprint density at radius 1 is 0.947 bits per heavy atom. The molecule has 0 amide bonds. The number of piperidine rings is 1. The summed E-state index contributed by atoms with van der Waals surface area (Å²) >= 11 is 0. The normalized spacial score (nSPS) is 17.9. The molecule has 0 radical (unpaired) electrons. The van der Waals surface area contributed by atoms with Crippen molar-refractivity contribution in [2.45, 2.75) is 18.4 Å². The van der Waals surface area contributed by atoms with Gasteiger partial charge in [-0.05, 0) is 24.7 Å². The smallest absolute Gasteiger partial charge is 0.214 e. The highest BCUT2D eigenvalue weighted by Crippen LogP contribution is 2.35. The highest BCUT2D eigenvalue weighted by molar-refractivity contribution is 5.26. The molecule has 0 spiro atoms. The Balaban J connectivity index is 1.93. The second-order valence-corrected chi connectivity index (χ2v) is 4.88. The summed E-state index contributed by atoms with van der Waals surface area (Å²) in [5, 5.41) is 3.39. The summed E-state index contributed by atoms with van der Waals surface area (Å²) < 4.78 is 6.28. The second-order valence-electron chi connectivity index (χ2n) is 4.88. The molecule has 3 heteroatoms. The van der Waals surface area contributed by atoms with Crippen LogP contribution in [0, 0.1) is 0 Å². The van der Waals surface area contributed by atoms with E-state index in [9.17, 15) is 0 Å². The van der Waals surface area contributed by atoms with Crippen LogP contribution in [0.25, 0.3) is 0 Å². The molecular formula is C16H18N2O. The predicted octanol–water partition coefficient (Wildman–Crippen LogP) is 2.74. The minimum Gasteiger partial charge on any atom is -0.466 e. The minimum atomic E-state index is -0.249. The zero-order chi connectivity index (χ0) is 13.0. The fraction of sp³-hybridized carbons (Fsp3) is 0.312. The van der Waals surface area contributed by atoms with Crippen LogP contribution in [0.3, 0.4) is 0 Å². The molecule has 0 saturated carbocycles. The number of benzene rings is 1. The molecule has 1 fully saturated rings. The van der Waals surface area contributed by atoms with Gasteiger partial charge in [-0.3, -0.25) is 0 Å². The van der Waals surface area contributed by atoms with Gasteiger partial charge in [-0.1, -0.05) is 36.4 Å². The lowest BCUT2D eigenvalue weighted by Gasteiger charge is -2.38. The van der Waals surface area contributed by atoms with Crippen LogP contribution in [0.2, 0.25) is 0 Å². The Morgan fingerprint density at radius 2 is 1.68 bits per heavy atom. The van der Waals surface area contributed by atoms with Gasteiger partial charge < -0.3 is 10.1 Å². The number of ether oxygens (including phenoxy) is 1. The number of pyridine rings is 1. The van der Waals surface area contributed by atoms with Gasteiger partial charge in [-0.15, -0.1) is 0 Å². The molecule has 1 saturated heterocycles. The van der Waals surface area contributed by atoms with Crippen molar-refractivity contribution >= 4 is 0 Å². The molecule has 1 aliphatic heterocycles. The number of aromatic nitrogens is 1. The lowest BCUT2D eigenvalue weighted by atomic mass is 9.85. The third-order valence-corrected chi connectivity index (χ3v) is 3.65. The van der Waals surface area contributed by atoms with Crippen molar-refractivity contribution in [3.8, 4) is 5.88 Å². The van der Waals surface area contributed by atoms with Crippen LogP contribution in [0.15, 0.2) is 54.7 Å². The molecule has 1 N–H and O–H groups in total. The van der Waals surface area contributed by atoms with Crippen molar-refractivity contribution in [3.63, 3.8) is 0 Å². The molecule has 19 heavy (non-hydrogen) atoms. The van der Waals surface area contributed by atoms with Gasteiger partial charge in [0.1, 0.15) is 5.60 Å². The standard InChI is InChI=1S/C16H18N2O/c1-2-6-14(7-3-1)16(9-12-17-13-10-16)19-15-8-4-5-11-18-15/h1-8,11,17H,9-10,12-13H2. The van der Waals surface area contributed by atoms with Crippen molar-refractivity contribution in [3.05, 3.63) is 60.3 Å². The zero-order valence-corrected chi connectivity index (χ0v) is 10.9. The van der Waals surface area contributed by atoms with Gasteiger partial charge in [0, 0.05) is 25.1 Å². The fourth-order valence-electron chi connectivity index (χ4n) is 2.63. The molecule has 3 nitrogen and oxygen atoms in total. The molecular weight excluding hydrogens is 236 g/mol. The SMILES string of the molecule is c1ccc(C2(Oc3ccccn3)CCNCC2)cc1. The van der Waals surface area contributed by atoms with Crippen molar-refractivity contribution < 1.29 is 4.74 Å². The zero-order valence-electron chi connectivity index (χ0n) is 10.9. The van der Waals surface area contributed by atoms with Gasteiger partial charge in [0.25, 0.3) is 0 Å². The van der Waals surface area contributed by atoms with E-state index in [-0.39, 0.29) is 5.60 Å². The van der Waals surface area contributed by atoms with Gasteiger partial charge >= 0.3 is 0 Å². The minimum absolute atomic E-state index is 0.249. The molecule has 1 aromatic heterocycles. The molecule has 98 valence electrons. The number of hydrogen-bond donors (Lipinski definition) is 1. The van der Waals surface area contributed by atoms with E-state index in [2.05, 4.69) is 34.6 Å². The fourth-order valence-corrected chi connectivity index (χ4v) is 2.63. The Hall–Kier alpha value is -1.87. The quantitative estimate of drug-likeness (QED) is 0.914. The van der Waals surface area contributed by atoms with Gasteiger partial charge in [-0.2, -0.15) is 0 Å². The van der Waals surface area contributed by atoms with Crippen molar-refractivity contribution in [2.75, 3.05) is 13.1 Å². The first kappa shape index (κ1) is 12.2. The van der Waals surface area contributed by atoms with E-state index in [1.54, 1.807) is 6.20 Å². The van der Waals surface area contributed by atoms with Crippen LogP contribution >= 0.6 is 0 Å². The Labute approximate surface area is 113 Å². The topological polar surface area (TPSA) is 34.1 Å². The van der Waals surface area contributed by atoms with E-state index in [1.165, 1.54) is 5.56 Å². The average Bonchev–Trinajstić information content (AvgIpc) is 2.50. The van der Waals surface area contributed by atoms with E-state index in [0.717, 1.165) is 25.9 Å². The summed E-state index contributed by atoms with van der Waals surface area (Å²) in [6, 6.07) is 16.3. The van der Waals surface area contributed by atoms with E-state index >= 15 is 0 Å². The molecule has 3 rings (SSSR count). The third-order valence-electron chi connectivity index (χ3n) is 3.65. The molecule has 0 bridgehead atoms. The van der Waals surface area contributed by atoms with E-state index < -0.39 is 0 Å². The van der Waals surface area contributed by atoms with Crippen molar-refractivity contribution in [2.24, 2.45) is 0 Å². The Bertz CT molecular complexity index is 507. The second kappa shape index (κ2) is 5.41.